The van der Waals surface area contributed by atoms with Crippen LogP contribution in [0.15, 0.2) is 261 Å². The third-order valence-corrected chi connectivity index (χ3v) is 21.4. The molecular formula is C81H62N4OPtSi-2. The first-order valence-electron chi connectivity index (χ1n) is 39.5. The summed E-state index contributed by atoms with van der Waals surface area (Å²) in [5.41, 5.74) is 8.09. The Labute approximate surface area is 561 Å². The van der Waals surface area contributed by atoms with E-state index in [1.54, 1.807) is 45.5 Å². The molecule has 0 saturated heterocycles. The fourth-order valence-electron chi connectivity index (χ4n) is 13.1. The molecule has 2 aliphatic rings. The summed E-state index contributed by atoms with van der Waals surface area (Å²) in [7, 11) is -6.30. The molecule has 5 nitrogen and oxygen atoms in total. The molecule has 3 aromatic heterocycles. The molecule has 0 N–H and O–H groups in total. The zero-order valence-electron chi connectivity index (χ0n) is 69.8. The summed E-state index contributed by atoms with van der Waals surface area (Å²) in [6.45, 7) is 6.40. The molecule has 14 aromatic rings. The molecule has 4 heterocycles. The number of rotatable bonds is 9. The first-order valence-corrected chi connectivity index (χ1v) is 30.5. The van der Waals surface area contributed by atoms with E-state index in [1.807, 2.05) is 83.4 Å². The van der Waals surface area contributed by atoms with Gasteiger partial charge in [0.1, 0.15) is 5.82 Å². The Morgan fingerprint density at radius 3 is 1.82 bits per heavy atom. The second kappa shape index (κ2) is 21.4. The number of aryl methyl sites for hydroxylation is 1. The predicted molar refractivity (Wildman–Crippen MR) is 359 cm³/mol. The Bertz CT molecular complexity index is 6110. The fourth-order valence-corrected chi connectivity index (χ4v) is 16.7. The van der Waals surface area contributed by atoms with Gasteiger partial charge in [0.15, 0.2) is 8.07 Å². The summed E-state index contributed by atoms with van der Waals surface area (Å²) in [6.07, 6.45) is 6.81. The number of ether oxygens (including phenoxy) is 1. The molecule has 0 spiro atoms. The van der Waals surface area contributed by atoms with E-state index in [-0.39, 0.29) is 54.8 Å². The number of nitrogens with zero attached hydrogens (tertiary/aromatic N) is 4. The van der Waals surface area contributed by atoms with Crippen molar-refractivity contribution in [3.8, 4) is 73.2 Å². The van der Waals surface area contributed by atoms with E-state index in [2.05, 4.69) is 63.3 Å². The van der Waals surface area contributed by atoms with Crippen molar-refractivity contribution in [3.05, 3.63) is 296 Å². The largest absolute Gasteiger partial charge is 0.510 e. The molecule has 0 amide bonds. The Balaban J connectivity index is 0.00000961. The van der Waals surface area contributed by atoms with Crippen molar-refractivity contribution in [2.45, 2.75) is 58.2 Å². The second-order valence-electron chi connectivity index (χ2n) is 23.2. The van der Waals surface area contributed by atoms with Gasteiger partial charge in [-0.1, -0.05) is 233 Å². The van der Waals surface area contributed by atoms with E-state index in [0.29, 0.717) is 44.7 Å². The molecule has 0 bridgehead atoms. The SMILES string of the molecule is [2H]c1c([2H])c([2H])c([Si](c2c([2H])c([2H])c([2H])c([2H])c2[2H])(c2c([2H])c([2H])c([2H])c([2H])c2[2H])c2c([2H])c([2H])c([2H])c(-c3cccc4c3-[n+]3[c-]n(-c5[c-]c(Oc6[c-]c7c(cc6)c6ccccc6n7-c6cc(C([2H])([2H])[2H])ccn6)ccc5)c5cccc(c53)-c3ccccc3-c3cc5c(cc3-4)C(C)(C)CCC5(C)C)c2[2H])c([2H])c1[2H].[Pt]. The van der Waals surface area contributed by atoms with Gasteiger partial charge in [0.2, 0.25) is 0 Å². The van der Waals surface area contributed by atoms with Crippen LogP contribution in [-0.2, 0) is 31.9 Å². The zero-order chi connectivity index (χ0) is 77.6. The Morgan fingerprint density at radius 1 is 0.534 bits per heavy atom. The molecule has 16 rings (SSSR count). The van der Waals surface area contributed by atoms with Crippen LogP contribution in [-0.4, -0.2) is 22.2 Å². The summed E-state index contributed by atoms with van der Waals surface area (Å²) in [5.74, 6) is 0.840. The minimum Gasteiger partial charge on any atom is -0.510 e. The zero-order valence-corrected chi connectivity index (χ0v) is 51.1. The molecule has 0 radical (unpaired) electrons. The van der Waals surface area contributed by atoms with Crippen molar-refractivity contribution >= 4 is 61.7 Å². The van der Waals surface area contributed by atoms with Gasteiger partial charge in [-0.05, 0) is 148 Å². The van der Waals surface area contributed by atoms with E-state index in [4.69, 9.17) is 13.0 Å². The molecule has 11 aromatic carbocycles. The summed E-state index contributed by atoms with van der Waals surface area (Å²) in [4.78, 5) is 4.62. The molecule has 0 unspecified atom stereocenters. The van der Waals surface area contributed by atoms with Crippen molar-refractivity contribution in [1.82, 2.24) is 14.1 Å². The van der Waals surface area contributed by atoms with Crippen LogP contribution in [0.3, 0.4) is 0 Å². The molecule has 1 aliphatic heterocycles. The summed E-state index contributed by atoms with van der Waals surface area (Å²) in [5, 5.41) is -2.13. The molecule has 428 valence electrons. The molecule has 7 heteroatoms. The number of para-hydroxylation sites is 3. The van der Waals surface area contributed by atoms with Gasteiger partial charge in [-0.25, -0.2) is 4.98 Å². The van der Waals surface area contributed by atoms with Crippen LogP contribution in [0.4, 0.5) is 0 Å². The van der Waals surface area contributed by atoms with Gasteiger partial charge < -0.3 is 13.9 Å². The van der Waals surface area contributed by atoms with Gasteiger partial charge >= 0.3 is 0 Å². The third kappa shape index (κ3) is 8.82. The quantitative estimate of drug-likeness (QED) is 0.0625. The fraction of sp³-hybridized carbons (Fsp3) is 0.111. The topological polar surface area (TPSA) is 35.9 Å². The van der Waals surface area contributed by atoms with Crippen molar-refractivity contribution in [1.29, 1.82) is 0 Å². The van der Waals surface area contributed by atoms with Crippen molar-refractivity contribution in [2.75, 3.05) is 0 Å². The minimum absolute atomic E-state index is 0. The average Bonchev–Trinajstić information content (AvgIpc) is 0.769. The number of hydrogen-bond donors (Lipinski definition) is 0. The number of aromatic nitrogens is 4. The van der Waals surface area contributed by atoms with E-state index >= 15 is 0 Å². The average molecular weight is 1350 g/mol. The molecule has 0 fully saturated rings. The Hall–Kier alpha value is -9.45. The van der Waals surface area contributed by atoms with Gasteiger partial charge in [0.05, 0.1) is 42.8 Å². The van der Waals surface area contributed by atoms with Crippen LogP contribution in [0.1, 0.15) is 87.4 Å². The first kappa shape index (κ1) is 36.0. The van der Waals surface area contributed by atoms with Crippen LogP contribution in [0, 0.1) is 25.3 Å². The number of fused-ring (bicyclic) bond motifs is 11. The van der Waals surface area contributed by atoms with E-state index in [0.717, 1.165) is 56.9 Å². The summed E-state index contributed by atoms with van der Waals surface area (Å²) < 4.78 is 220. The maximum absolute atomic E-state index is 11.2. The van der Waals surface area contributed by atoms with Crippen molar-refractivity contribution in [3.63, 3.8) is 0 Å². The molecule has 0 atom stereocenters. The van der Waals surface area contributed by atoms with Gasteiger partial charge in [0, 0.05) is 48.4 Å². The number of hydrogen-bond acceptors (Lipinski definition) is 2. The van der Waals surface area contributed by atoms with Crippen molar-refractivity contribution in [2.24, 2.45) is 0 Å². The van der Waals surface area contributed by atoms with Gasteiger partial charge in [-0.3, -0.25) is 4.57 Å². The molecule has 88 heavy (non-hydrogen) atoms. The Morgan fingerprint density at radius 2 is 1.11 bits per heavy atom. The van der Waals surface area contributed by atoms with Crippen LogP contribution < -0.4 is 30.1 Å². The monoisotopic (exact) mass is 1350 g/mol. The number of imidazole rings is 1. The van der Waals surface area contributed by atoms with Gasteiger partial charge in [-0.2, -0.15) is 18.2 Å². The third-order valence-electron chi connectivity index (χ3n) is 17.4. The van der Waals surface area contributed by atoms with Crippen LogP contribution in [0.2, 0.25) is 0 Å². The smallest absolute Gasteiger partial charge is 0.268 e. The van der Waals surface area contributed by atoms with Crippen molar-refractivity contribution < 1.29 is 60.5 Å². The standard InChI is InChI=1S/C81H62N4OSi.Pt/c1-54-43-46-82-77(47-54)85-74-39-18-17-35-66(74)67-42-41-58(50-76(67)85)86-57-25-20-24-56(49-57)83-53-84-78-63(55-23-19-32-62(48-55)87(59-26-9-6-10-27-59,60-28-11-7-12-29-60)61-30-13-8-14-31-61)36-21-37-69(78)71-52-73-72(80(2,3)44-45-81(73,4)5)51-70(71)65-34-16-15-33-64(65)68-38-22-40-75(83)79(68)84;/h6-43,46-48,51-52H,44-45H2,1-5H3;/q-2;/i1D3,6D,7D,8D,9D,10D,11D,12D,13D,14D,19D,23D,26D,27D,28D,29D,30D,31D,32D,48D;. The maximum atomic E-state index is 11.2. The number of benzene rings is 11. The van der Waals surface area contributed by atoms with Gasteiger partial charge in [0.25, 0.3) is 6.33 Å². The van der Waals surface area contributed by atoms with Crippen LogP contribution in [0.5, 0.6) is 11.5 Å². The van der Waals surface area contributed by atoms with Gasteiger partial charge in [-0.15, -0.1) is 29.7 Å². The Kier molecular flexibility index (Phi) is 8.77. The second-order valence-corrected chi connectivity index (χ2v) is 26.7. The molecule has 1 aliphatic carbocycles. The maximum Gasteiger partial charge on any atom is 0.268 e. The predicted octanol–water partition coefficient (Wildman–Crippen LogP) is 16.6. The number of pyridine rings is 1. The summed E-state index contributed by atoms with van der Waals surface area (Å²) in [6, 6.07) is 29.8. The van der Waals surface area contributed by atoms with E-state index in [9.17, 15) is 21.9 Å². The normalized spacial score (nSPS) is 17.4. The first-order chi connectivity index (χ1) is 51.6. The van der Waals surface area contributed by atoms with Crippen LogP contribution in [0.25, 0.3) is 94.5 Å². The van der Waals surface area contributed by atoms with E-state index in [1.165, 1.54) is 18.3 Å². The molecule has 0 saturated carbocycles. The summed E-state index contributed by atoms with van der Waals surface area (Å²) >= 11 is 0. The molecular weight excluding hydrogens is 1270 g/mol. The van der Waals surface area contributed by atoms with E-state index < -0.39 is 161 Å². The van der Waals surface area contributed by atoms with Crippen LogP contribution >= 0.6 is 0 Å². The minimum atomic E-state index is -6.30.